The normalized spacial score (nSPS) is 19.7. The molecule has 23 heavy (non-hydrogen) atoms. The molecule has 0 radical (unpaired) electrons. The van der Waals surface area contributed by atoms with Gasteiger partial charge in [0.2, 0.25) is 0 Å². The third kappa shape index (κ3) is 3.86. The van der Waals surface area contributed by atoms with Crippen LogP contribution in [0, 0.1) is 5.92 Å². The van der Waals surface area contributed by atoms with E-state index in [2.05, 4.69) is 36.2 Å². The predicted octanol–water partition coefficient (Wildman–Crippen LogP) is 2.95. The number of rotatable bonds is 5. The maximum absolute atomic E-state index is 11.7. The molecule has 4 heteroatoms. The Hall–Kier alpha value is -1.13. The van der Waals surface area contributed by atoms with Gasteiger partial charge in [0.1, 0.15) is 9.84 Å². The van der Waals surface area contributed by atoms with E-state index in [1.54, 1.807) is 6.92 Å². The van der Waals surface area contributed by atoms with Gasteiger partial charge in [-0.3, -0.25) is 0 Å². The lowest BCUT2D eigenvalue weighted by Gasteiger charge is -2.30. The first-order valence-electron chi connectivity index (χ1n) is 8.69. The number of allylic oxidation sites excluding steroid dienone is 2. The molecule has 126 valence electrons. The zero-order valence-electron chi connectivity index (χ0n) is 14.2. The average molecular weight is 333 g/mol. The molecule has 0 atom stereocenters. The van der Waals surface area contributed by atoms with Gasteiger partial charge < -0.3 is 4.90 Å². The number of nitrogens with zero attached hydrogens (tertiary/aromatic N) is 1. The molecule has 0 amide bonds. The van der Waals surface area contributed by atoms with Crippen LogP contribution in [0.3, 0.4) is 0 Å². The summed E-state index contributed by atoms with van der Waals surface area (Å²) >= 11 is 0. The van der Waals surface area contributed by atoms with Gasteiger partial charge in [-0.2, -0.15) is 0 Å². The number of hydrogen-bond acceptors (Lipinski definition) is 3. The van der Waals surface area contributed by atoms with Gasteiger partial charge in [-0.15, -0.1) is 0 Å². The molecule has 0 unspecified atom stereocenters. The van der Waals surface area contributed by atoms with Crippen molar-refractivity contribution in [2.45, 2.75) is 32.6 Å². The molecule has 0 N–H and O–H groups in total. The van der Waals surface area contributed by atoms with Crippen LogP contribution in [0.5, 0.6) is 0 Å². The highest BCUT2D eigenvalue weighted by Gasteiger charge is 2.25. The first-order chi connectivity index (χ1) is 11.0. The van der Waals surface area contributed by atoms with Crippen molar-refractivity contribution in [1.29, 1.82) is 0 Å². The summed E-state index contributed by atoms with van der Waals surface area (Å²) in [5.74, 6) is 1.16. The maximum atomic E-state index is 11.7. The molecule has 1 aromatic rings. The highest BCUT2D eigenvalue weighted by Crippen LogP contribution is 2.38. The number of aryl methyl sites for hydroxylation is 1. The minimum absolute atomic E-state index is 0.235. The third-order valence-electron chi connectivity index (χ3n) is 5.33. The van der Waals surface area contributed by atoms with E-state index >= 15 is 0 Å². The van der Waals surface area contributed by atoms with Gasteiger partial charge in [-0.1, -0.05) is 31.2 Å². The molecule has 1 fully saturated rings. The monoisotopic (exact) mass is 333 g/mol. The van der Waals surface area contributed by atoms with E-state index in [4.69, 9.17) is 0 Å². The standard InChI is InChI=1S/C19H27NO2S/c1-3-23(21,22)13-10-15-4-5-16-6-7-18(19(16)14-15)17-8-11-20(2)12-9-17/h4-5,7,14,17H,3,6,8-13H2,1-2H3. The van der Waals surface area contributed by atoms with Crippen LogP contribution in [0.4, 0.5) is 0 Å². The average Bonchev–Trinajstić information content (AvgIpc) is 2.97. The van der Waals surface area contributed by atoms with E-state index in [-0.39, 0.29) is 11.5 Å². The molecule has 2 aliphatic rings. The van der Waals surface area contributed by atoms with E-state index in [1.165, 1.54) is 42.6 Å². The SMILES string of the molecule is CCS(=O)(=O)CCc1ccc2c(c1)C(C1CCN(C)CC1)=CC2. The van der Waals surface area contributed by atoms with Gasteiger partial charge in [0.25, 0.3) is 0 Å². The Labute approximate surface area is 140 Å². The van der Waals surface area contributed by atoms with E-state index in [0.29, 0.717) is 12.3 Å². The second-order valence-electron chi connectivity index (χ2n) is 6.92. The first kappa shape index (κ1) is 16.7. The molecule has 1 saturated heterocycles. The van der Waals surface area contributed by atoms with Crippen LogP contribution in [0.1, 0.15) is 36.5 Å². The van der Waals surface area contributed by atoms with Crippen LogP contribution in [-0.4, -0.2) is 45.0 Å². The van der Waals surface area contributed by atoms with Crippen molar-refractivity contribution in [3.05, 3.63) is 41.0 Å². The fraction of sp³-hybridized carbons (Fsp3) is 0.579. The van der Waals surface area contributed by atoms with Crippen LogP contribution >= 0.6 is 0 Å². The van der Waals surface area contributed by atoms with Crippen LogP contribution in [0.2, 0.25) is 0 Å². The van der Waals surface area contributed by atoms with Crippen molar-refractivity contribution in [3.63, 3.8) is 0 Å². The predicted molar refractivity (Wildman–Crippen MR) is 96.4 cm³/mol. The summed E-state index contributed by atoms with van der Waals surface area (Å²) in [6, 6.07) is 6.55. The lowest BCUT2D eigenvalue weighted by Crippen LogP contribution is -2.30. The van der Waals surface area contributed by atoms with Crippen molar-refractivity contribution in [2.75, 3.05) is 31.6 Å². The number of hydrogen-bond donors (Lipinski definition) is 0. The van der Waals surface area contributed by atoms with Crippen LogP contribution in [-0.2, 0) is 22.7 Å². The molecule has 1 heterocycles. The smallest absolute Gasteiger partial charge is 0.150 e. The molecule has 0 aromatic heterocycles. The summed E-state index contributed by atoms with van der Waals surface area (Å²) in [7, 11) is -0.698. The van der Waals surface area contributed by atoms with Gasteiger partial charge in [0.05, 0.1) is 5.75 Å². The van der Waals surface area contributed by atoms with Crippen LogP contribution < -0.4 is 0 Å². The maximum Gasteiger partial charge on any atom is 0.150 e. The van der Waals surface area contributed by atoms with Crippen molar-refractivity contribution in [3.8, 4) is 0 Å². The zero-order chi connectivity index (χ0) is 16.4. The van der Waals surface area contributed by atoms with Gasteiger partial charge >= 0.3 is 0 Å². The summed E-state index contributed by atoms with van der Waals surface area (Å²) < 4.78 is 23.5. The lowest BCUT2D eigenvalue weighted by atomic mass is 9.86. The summed E-state index contributed by atoms with van der Waals surface area (Å²) in [6.07, 6.45) is 6.52. The van der Waals surface area contributed by atoms with Gasteiger partial charge in [-0.05, 0) is 74.0 Å². The van der Waals surface area contributed by atoms with E-state index in [0.717, 1.165) is 12.0 Å². The molecule has 1 aliphatic heterocycles. The Morgan fingerprint density at radius 2 is 1.96 bits per heavy atom. The summed E-state index contributed by atoms with van der Waals surface area (Å²) in [5.41, 5.74) is 5.45. The zero-order valence-corrected chi connectivity index (χ0v) is 15.0. The second-order valence-corrected chi connectivity index (χ2v) is 9.39. The van der Waals surface area contributed by atoms with Crippen molar-refractivity contribution >= 4 is 15.4 Å². The second kappa shape index (κ2) is 6.78. The number of sulfone groups is 1. The van der Waals surface area contributed by atoms with E-state index < -0.39 is 9.84 Å². The Kier molecular flexibility index (Phi) is 4.93. The summed E-state index contributed by atoms with van der Waals surface area (Å²) in [6.45, 7) is 4.07. The molecule has 0 spiro atoms. The molecular weight excluding hydrogens is 306 g/mol. The van der Waals surface area contributed by atoms with Crippen LogP contribution in [0.15, 0.2) is 24.3 Å². The molecule has 1 aromatic carbocycles. The Morgan fingerprint density at radius 3 is 2.65 bits per heavy atom. The highest BCUT2D eigenvalue weighted by atomic mass is 32.2. The lowest BCUT2D eigenvalue weighted by molar-refractivity contribution is 0.248. The van der Waals surface area contributed by atoms with Gasteiger partial charge in [0.15, 0.2) is 0 Å². The highest BCUT2D eigenvalue weighted by molar-refractivity contribution is 7.91. The number of piperidine rings is 1. The largest absolute Gasteiger partial charge is 0.306 e. The number of likely N-dealkylation sites (tertiary alicyclic amines) is 1. The van der Waals surface area contributed by atoms with Crippen molar-refractivity contribution in [2.24, 2.45) is 5.92 Å². The summed E-state index contributed by atoms with van der Waals surface area (Å²) in [4.78, 5) is 2.40. The molecule has 3 rings (SSSR count). The fourth-order valence-electron chi connectivity index (χ4n) is 3.68. The first-order valence-corrected chi connectivity index (χ1v) is 10.5. The molecular formula is C19H27NO2S. The Bertz CT molecular complexity index is 698. The topological polar surface area (TPSA) is 37.4 Å². The summed E-state index contributed by atoms with van der Waals surface area (Å²) in [5, 5.41) is 0. The molecule has 1 aliphatic carbocycles. The minimum atomic E-state index is -2.89. The minimum Gasteiger partial charge on any atom is -0.306 e. The van der Waals surface area contributed by atoms with Gasteiger partial charge in [-0.25, -0.2) is 8.42 Å². The molecule has 0 bridgehead atoms. The van der Waals surface area contributed by atoms with Crippen molar-refractivity contribution in [1.82, 2.24) is 4.90 Å². The van der Waals surface area contributed by atoms with E-state index in [1.807, 2.05) is 0 Å². The molecule has 0 saturated carbocycles. The third-order valence-corrected chi connectivity index (χ3v) is 7.03. The Balaban J connectivity index is 1.74. The Morgan fingerprint density at radius 1 is 1.22 bits per heavy atom. The van der Waals surface area contributed by atoms with Crippen LogP contribution in [0.25, 0.3) is 5.57 Å². The quantitative estimate of drug-likeness (QED) is 0.831. The van der Waals surface area contributed by atoms with Crippen molar-refractivity contribution < 1.29 is 8.42 Å². The fourth-order valence-corrected chi connectivity index (χ4v) is 4.51. The van der Waals surface area contributed by atoms with E-state index in [9.17, 15) is 8.42 Å². The number of fused-ring (bicyclic) bond motifs is 1. The van der Waals surface area contributed by atoms with Gasteiger partial charge in [0, 0.05) is 5.75 Å². The molecule has 3 nitrogen and oxygen atoms in total. The number of benzene rings is 1.